The predicted molar refractivity (Wildman–Crippen MR) is 94.1 cm³/mol. The van der Waals surface area contributed by atoms with Crippen molar-refractivity contribution in [2.75, 3.05) is 4.72 Å². The molecule has 0 atom stereocenters. The molecule has 0 unspecified atom stereocenters. The third-order valence-electron chi connectivity index (χ3n) is 4.02. The van der Waals surface area contributed by atoms with Crippen LogP contribution in [0.25, 0.3) is 21.8 Å². The van der Waals surface area contributed by atoms with Crippen molar-refractivity contribution in [3.63, 3.8) is 0 Å². The molecule has 0 saturated heterocycles. The number of sulfonamides is 1. The lowest BCUT2D eigenvalue weighted by Crippen LogP contribution is -2.05. The van der Waals surface area contributed by atoms with Gasteiger partial charge in [0.1, 0.15) is 11.5 Å². The lowest BCUT2D eigenvalue weighted by atomic mass is 10.0. The highest BCUT2D eigenvalue weighted by molar-refractivity contribution is 8.02. The molecule has 0 radical (unpaired) electrons. The van der Waals surface area contributed by atoms with E-state index in [1.54, 1.807) is 24.3 Å². The number of phenolic OH excluding ortho intramolecular Hbond substituents is 2. The Morgan fingerprint density at radius 2 is 1.67 bits per heavy atom. The van der Waals surface area contributed by atoms with Crippen LogP contribution in [0, 0.1) is 0 Å². The van der Waals surface area contributed by atoms with Gasteiger partial charge in [0.2, 0.25) is 0 Å². The Kier molecular flexibility index (Phi) is 3.04. The van der Waals surface area contributed by atoms with E-state index in [2.05, 4.69) is 4.72 Å². The van der Waals surface area contributed by atoms with Gasteiger partial charge < -0.3 is 10.2 Å². The number of benzene rings is 3. The summed E-state index contributed by atoms with van der Waals surface area (Å²) in [6.45, 7) is 0. The number of hydrogen-bond donors (Lipinski definition) is 3. The average molecular weight is 339 g/mol. The Labute approximate surface area is 138 Å². The molecule has 24 heavy (non-hydrogen) atoms. The fraction of sp³-hybridized carbons (Fsp3) is 0. The van der Waals surface area contributed by atoms with Crippen LogP contribution in [0.4, 0.5) is 5.69 Å². The van der Waals surface area contributed by atoms with E-state index in [4.69, 9.17) is 0 Å². The van der Waals surface area contributed by atoms with Gasteiger partial charge in [-0.3, -0.25) is 4.72 Å². The molecule has 0 spiro atoms. The molecule has 4 rings (SSSR count). The van der Waals surface area contributed by atoms with Crippen LogP contribution >= 0.6 is 0 Å². The molecule has 3 aromatic rings. The number of hydrogen-bond acceptors (Lipinski definition) is 4. The van der Waals surface area contributed by atoms with Crippen molar-refractivity contribution < 1.29 is 18.6 Å². The first-order valence-corrected chi connectivity index (χ1v) is 8.73. The van der Waals surface area contributed by atoms with Gasteiger partial charge in [0.05, 0.1) is 10.6 Å². The zero-order chi connectivity index (χ0) is 16.9. The molecule has 0 bridgehead atoms. The normalized spacial score (nSPS) is 16.9. The molecular weight excluding hydrogens is 326 g/mol. The lowest BCUT2D eigenvalue weighted by Gasteiger charge is -2.06. The minimum absolute atomic E-state index is 0.00545. The third-order valence-corrected chi connectivity index (χ3v) is 5.43. The number of fused-ring (bicyclic) bond motifs is 2. The van der Waals surface area contributed by atoms with E-state index in [0.717, 1.165) is 5.39 Å². The van der Waals surface area contributed by atoms with Crippen molar-refractivity contribution >= 4 is 37.5 Å². The van der Waals surface area contributed by atoms with Crippen LogP contribution in [0.3, 0.4) is 0 Å². The van der Waals surface area contributed by atoms with Crippen molar-refractivity contribution in [3.8, 4) is 11.5 Å². The summed E-state index contributed by atoms with van der Waals surface area (Å²) in [6, 6.07) is 14.8. The fourth-order valence-electron chi connectivity index (χ4n) is 2.90. The van der Waals surface area contributed by atoms with Gasteiger partial charge in [-0.05, 0) is 41.3 Å². The van der Waals surface area contributed by atoms with E-state index in [-0.39, 0.29) is 16.4 Å². The summed E-state index contributed by atoms with van der Waals surface area (Å²) in [6.07, 6.45) is 1.55. The number of anilines is 1. The lowest BCUT2D eigenvalue weighted by molar-refractivity contribution is 0.475. The predicted octanol–water partition coefficient (Wildman–Crippen LogP) is 3.50. The summed E-state index contributed by atoms with van der Waals surface area (Å²) in [5.41, 5.74) is 1.52. The fourth-order valence-corrected chi connectivity index (χ4v) is 4.22. The molecule has 0 amide bonds. The molecule has 1 aliphatic rings. The highest BCUT2D eigenvalue weighted by Gasteiger charge is 2.30. The van der Waals surface area contributed by atoms with Gasteiger partial charge in [-0.2, -0.15) is 0 Å². The van der Waals surface area contributed by atoms with E-state index in [0.29, 0.717) is 22.2 Å². The van der Waals surface area contributed by atoms with Crippen LogP contribution in [0.15, 0.2) is 54.6 Å². The summed E-state index contributed by atoms with van der Waals surface area (Å²) in [4.78, 5) is 0.0873. The molecule has 0 aliphatic carbocycles. The van der Waals surface area contributed by atoms with Crippen LogP contribution in [-0.2, 0) is 10.0 Å². The van der Waals surface area contributed by atoms with Crippen LogP contribution in [0.2, 0.25) is 0 Å². The van der Waals surface area contributed by atoms with Gasteiger partial charge in [-0.25, -0.2) is 8.42 Å². The van der Waals surface area contributed by atoms with Crippen molar-refractivity contribution in [3.05, 3.63) is 65.7 Å². The monoisotopic (exact) mass is 339 g/mol. The Hall–Kier alpha value is -2.99. The quantitative estimate of drug-likeness (QED) is 0.592. The summed E-state index contributed by atoms with van der Waals surface area (Å²) in [5, 5.41) is 21.0. The van der Waals surface area contributed by atoms with Gasteiger partial charge in [-0.15, -0.1) is 0 Å². The van der Waals surface area contributed by atoms with Crippen molar-refractivity contribution in [2.45, 2.75) is 0 Å². The highest BCUT2D eigenvalue weighted by Crippen LogP contribution is 2.40. The Morgan fingerprint density at radius 1 is 0.917 bits per heavy atom. The maximum absolute atomic E-state index is 12.4. The summed E-state index contributed by atoms with van der Waals surface area (Å²) >= 11 is 0. The third kappa shape index (κ3) is 2.19. The molecule has 0 aromatic heterocycles. The minimum Gasteiger partial charge on any atom is -0.508 e. The first-order chi connectivity index (χ1) is 11.5. The summed E-state index contributed by atoms with van der Waals surface area (Å²) in [5.74, 6) is 0.132. The highest BCUT2D eigenvalue weighted by atomic mass is 32.2. The summed E-state index contributed by atoms with van der Waals surface area (Å²) in [7, 11) is -3.70. The molecule has 0 saturated carbocycles. The smallest absolute Gasteiger partial charge is 0.262 e. The Morgan fingerprint density at radius 3 is 2.46 bits per heavy atom. The SMILES string of the molecule is O=S1(=O)Nc2ccc(O)cc2C1=Cc1ccc(O)c2ccccc12. The van der Waals surface area contributed by atoms with Gasteiger partial charge in [0.25, 0.3) is 10.0 Å². The van der Waals surface area contributed by atoms with Crippen LogP contribution in [0.1, 0.15) is 11.1 Å². The van der Waals surface area contributed by atoms with Gasteiger partial charge in [0, 0.05) is 10.9 Å². The van der Waals surface area contributed by atoms with Gasteiger partial charge in [0.15, 0.2) is 0 Å². The number of nitrogens with one attached hydrogen (secondary N) is 1. The van der Waals surface area contributed by atoms with Crippen LogP contribution in [0.5, 0.6) is 11.5 Å². The largest absolute Gasteiger partial charge is 0.508 e. The van der Waals surface area contributed by atoms with Crippen molar-refractivity contribution in [1.82, 2.24) is 0 Å². The van der Waals surface area contributed by atoms with E-state index in [1.807, 2.05) is 12.1 Å². The van der Waals surface area contributed by atoms with Crippen molar-refractivity contribution in [1.29, 1.82) is 0 Å². The second kappa shape index (κ2) is 5.01. The Bertz CT molecular complexity index is 1120. The zero-order valence-corrected chi connectivity index (χ0v) is 13.2. The number of rotatable bonds is 1. The van der Waals surface area contributed by atoms with E-state index in [1.165, 1.54) is 24.3 Å². The molecule has 1 heterocycles. The average Bonchev–Trinajstić information content (AvgIpc) is 2.80. The molecule has 0 fully saturated rings. The number of phenols is 2. The van der Waals surface area contributed by atoms with Crippen LogP contribution in [-0.4, -0.2) is 18.6 Å². The zero-order valence-electron chi connectivity index (χ0n) is 12.4. The first kappa shape index (κ1) is 14.6. The topological polar surface area (TPSA) is 86.6 Å². The Balaban J connectivity index is 2.00. The van der Waals surface area contributed by atoms with Crippen molar-refractivity contribution in [2.24, 2.45) is 0 Å². The molecule has 3 aromatic carbocycles. The second-order valence-corrected chi connectivity index (χ2v) is 7.21. The molecule has 5 nitrogen and oxygen atoms in total. The number of aromatic hydroxyl groups is 2. The van der Waals surface area contributed by atoms with E-state index < -0.39 is 10.0 Å². The first-order valence-electron chi connectivity index (χ1n) is 7.24. The van der Waals surface area contributed by atoms with E-state index >= 15 is 0 Å². The maximum Gasteiger partial charge on any atom is 0.262 e. The molecule has 6 heteroatoms. The molecular formula is C18H13NO4S. The maximum atomic E-state index is 12.4. The summed E-state index contributed by atoms with van der Waals surface area (Å²) < 4.78 is 27.3. The molecule has 3 N–H and O–H groups in total. The standard InChI is InChI=1S/C18H13NO4S/c20-12-6-7-16-15(10-12)18(24(22,23)19-16)9-11-5-8-17(21)14-4-2-1-3-13(11)14/h1-10,19-21H. The van der Waals surface area contributed by atoms with Crippen LogP contribution < -0.4 is 4.72 Å². The second-order valence-electron chi connectivity index (χ2n) is 5.56. The molecule has 1 aliphatic heterocycles. The van der Waals surface area contributed by atoms with E-state index in [9.17, 15) is 18.6 Å². The minimum atomic E-state index is -3.70. The van der Waals surface area contributed by atoms with Gasteiger partial charge in [-0.1, -0.05) is 30.3 Å². The van der Waals surface area contributed by atoms with Gasteiger partial charge >= 0.3 is 0 Å². The molecule has 120 valence electrons.